The van der Waals surface area contributed by atoms with Crippen molar-refractivity contribution in [2.75, 3.05) is 0 Å². The summed E-state index contributed by atoms with van der Waals surface area (Å²) in [4.78, 5) is 10.3. The van der Waals surface area contributed by atoms with E-state index in [-0.39, 0.29) is 5.03 Å². The Morgan fingerprint density at radius 1 is 1.50 bits per heavy atom. The number of carbonyl (C=O) groups is 1. The summed E-state index contributed by atoms with van der Waals surface area (Å²) in [5.41, 5.74) is 0.883. The quantitative estimate of drug-likeness (QED) is 0.595. The Bertz CT molecular complexity index is 198. The minimum Gasteiger partial charge on any atom is -0.477 e. The van der Waals surface area contributed by atoms with Crippen molar-refractivity contribution >= 4 is 17.6 Å². The lowest BCUT2D eigenvalue weighted by Crippen LogP contribution is -1.93. The molecule has 0 aromatic carbocycles. The van der Waals surface area contributed by atoms with Gasteiger partial charge in [0.15, 0.2) is 0 Å². The number of carboxylic acid groups (broad SMARTS) is 1. The summed E-state index contributed by atoms with van der Waals surface area (Å²) in [5, 5.41) is 8.45. The van der Waals surface area contributed by atoms with Gasteiger partial charge in [0.2, 0.25) is 0 Å². The third-order valence-corrected chi connectivity index (χ3v) is 2.44. The molecule has 0 heterocycles. The second-order valence-corrected chi connectivity index (χ2v) is 3.03. The van der Waals surface area contributed by atoms with Crippen LogP contribution < -0.4 is 0 Å². The van der Waals surface area contributed by atoms with E-state index >= 15 is 0 Å². The van der Waals surface area contributed by atoms with Crippen LogP contribution in [0.25, 0.3) is 0 Å². The number of allylic oxidation sites excluding steroid dienone is 1. The predicted molar refractivity (Wildman–Crippen MR) is 38.8 cm³/mol. The molecule has 1 fully saturated rings. The van der Waals surface area contributed by atoms with Crippen molar-refractivity contribution in [1.82, 2.24) is 0 Å². The molecule has 0 radical (unpaired) electrons. The van der Waals surface area contributed by atoms with Gasteiger partial charge in [0.05, 0.1) is 0 Å². The fraction of sp³-hybridized carbons (Fsp3) is 0.571. The van der Waals surface area contributed by atoms with Gasteiger partial charge < -0.3 is 5.11 Å². The predicted octanol–water partition coefficient (Wildman–Crippen LogP) is 1.85. The fourth-order valence-electron chi connectivity index (χ4n) is 1.09. The third kappa shape index (κ3) is 1.03. The maximum atomic E-state index is 10.3. The van der Waals surface area contributed by atoms with Crippen LogP contribution in [-0.4, -0.2) is 11.1 Å². The lowest BCUT2D eigenvalue weighted by atomic mass is 10.4. The van der Waals surface area contributed by atoms with Crippen LogP contribution in [0.3, 0.4) is 0 Å². The molecule has 1 rings (SSSR count). The number of hydrogen-bond donors (Lipinski definition) is 1. The average Bonchev–Trinajstić information content (AvgIpc) is 2.40. The summed E-state index contributed by atoms with van der Waals surface area (Å²) in [5.74, 6) is -0.278. The normalized spacial score (nSPS) is 35.5. The molecule has 2 nitrogen and oxygen atoms in total. The molecule has 0 amide bonds. The van der Waals surface area contributed by atoms with E-state index in [0.717, 1.165) is 5.57 Å². The minimum atomic E-state index is -1.01. The molecule has 3 heteroatoms. The zero-order valence-corrected chi connectivity index (χ0v) is 6.64. The Balaban J connectivity index is 2.81. The molecule has 0 aromatic rings. The zero-order valence-electron chi connectivity index (χ0n) is 5.89. The van der Waals surface area contributed by atoms with Gasteiger partial charge >= 0.3 is 5.97 Å². The van der Waals surface area contributed by atoms with Crippen molar-refractivity contribution in [2.45, 2.75) is 13.8 Å². The van der Waals surface area contributed by atoms with Crippen LogP contribution in [-0.2, 0) is 4.79 Å². The van der Waals surface area contributed by atoms with Crippen LogP contribution in [0.15, 0.2) is 10.6 Å². The molecule has 0 unspecified atom stereocenters. The van der Waals surface area contributed by atoms with Gasteiger partial charge in [0, 0.05) is 0 Å². The van der Waals surface area contributed by atoms with Crippen LogP contribution in [0.4, 0.5) is 0 Å². The van der Waals surface area contributed by atoms with E-state index in [0.29, 0.717) is 11.8 Å². The number of carboxylic acids is 1. The maximum absolute atomic E-state index is 10.3. The number of halogens is 1. The van der Waals surface area contributed by atoms with Gasteiger partial charge in [-0.05, 0) is 17.4 Å². The van der Waals surface area contributed by atoms with E-state index < -0.39 is 5.97 Å². The van der Waals surface area contributed by atoms with E-state index in [1.54, 1.807) is 0 Å². The smallest absolute Gasteiger partial charge is 0.347 e. The van der Waals surface area contributed by atoms with Crippen LogP contribution in [0.2, 0.25) is 0 Å². The first-order valence-electron chi connectivity index (χ1n) is 3.18. The first-order chi connectivity index (χ1) is 4.55. The number of rotatable bonds is 1. The highest BCUT2D eigenvalue weighted by Crippen LogP contribution is 2.47. The third-order valence-electron chi connectivity index (χ3n) is 2.06. The van der Waals surface area contributed by atoms with Gasteiger partial charge in [-0.15, -0.1) is 0 Å². The topological polar surface area (TPSA) is 37.3 Å². The highest BCUT2D eigenvalue weighted by atomic mass is 35.5. The number of hydrogen-bond acceptors (Lipinski definition) is 1. The van der Waals surface area contributed by atoms with Gasteiger partial charge in [-0.1, -0.05) is 25.4 Å². The molecule has 0 aliphatic heterocycles. The van der Waals surface area contributed by atoms with Crippen molar-refractivity contribution in [1.29, 1.82) is 0 Å². The van der Waals surface area contributed by atoms with Crippen molar-refractivity contribution < 1.29 is 9.90 Å². The molecule has 0 saturated heterocycles. The van der Waals surface area contributed by atoms with Crippen molar-refractivity contribution in [3.05, 3.63) is 10.6 Å². The second kappa shape index (κ2) is 2.27. The molecular formula is C7H9ClO2. The fourth-order valence-corrected chi connectivity index (χ4v) is 1.43. The van der Waals surface area contributed by atoms with Crippen molar-refractivity contribution in [3.8, 4) is 0 Å². The molecule has 0 spiro atoms. The van der Waals surface area contributed by atoms with E-state index in [1.807, 2.05) is 13.8 Å². The second-order valence-electron chi connectivity index (χ2n) is 2.65. The van der Waals surface area contributed by atoms with Gasteiger partial charge in [0.25, 0.3) is 0 Å². The number of aliphatic carboxylic acids is 1. The molecule has 1 aliphatic carbocycles. The first kappa shape index (κ1) is 7.61. The minimum absolute atomic E-state index is 0.0139. The molecule has 0 aromatic heterocycles. The van der Waals surface area contributed by atoms with E-state index in [2.05, 4.69) is 0 Å². The standard InChI is InChI=1S/C7H9ClO2/c1-3-4(2)5(3)6(8)7(9)10/h3-4H,1-2H3,(H,9,10)/t3-,4+. The molecular weight excluding hydrogens is 152 g/mol. The van der Waals surface area contributed by atoms with E-state index in [9.17, 15) is 4.79 Å². The summed E-state index contributed by atoms with van der Waals surface area (Å²) in [7, 11) is 0. The lowest BCUT2D eigenvalue weighted by molar-refractivity contribution is -0.131. The highest BCUT2D eigenvalue weighted by Gasteiger charge is 2.39. The Morgan fingerprint density at radius 2 is 1.90 bits per heavy atom. The Morgan fingerprint density at radius 3 is 2.00 bits per heavy atom. The molecule has 0 bridgehead atoms. The van der Waals surface area contributed by atoms with Gasteiger partial charge in [-0.3, -0.25) is 0 Å². The Labute approximate surface area is 64.5 Å². The average molecular weight is 161 g/mol. The molecule has 2 atom stereocenters. The van der Waals surface area contributed by atoms with Gasteiger partial charge in [0.1, 0.15) is 5.03 Å². The first-order valence-corrected chi connectivity index (χ1v) is 3.56. The van der Waals surface area contributed by atoms with Crippen molar-refractivity contribution in [3.63, 3.8) is 0 Å². The lowest BCUT2D eigenvalue weighted by Gasteiger charge is -1.85. The molecule has 1 N–H and O–H groups in total. The summed E-state index contributed by atoms with van der Waals surface area (Å²) >= 11 is 5.48. The van der Waals surface area contributed by atoms with Crippen LogP contribution in [0.5, 0.6) is 0 Å². The molecule has 10 heavy (non-hydrogen) atoms. The SMILES string of the molecule is C[C@@H]1C(=C(Cl)C(=O)O)[C@@H]1C. The summed E-state index contributed by atoms with van der Waals surface area (Å²) in [6, 6.07) is 0. The largest absolute Gasteiger partial charge is 0.477 e. The zero-order chi connectivity index (χ0) is 7.89. The Kier molecular flexibility index (Phi) is 1.73. The van der Waals surface area contributed by atoms with Crippen LogP contribution in [0, 0.1) is 11.8 Å². The van der Waals surface area contributed by atoms with Crippen LogP contribution in [0.1, 0.15) is 13.8 Å². The summed E-state index contributed by atoms with van der Waals surface area (Å²) in [6.45, 7) is 3.96. The molecule has 1 aliphatic rings. The van der Waals surface area contributed by atoms with Crippen molar-refractivity contribution in [2.24, 2.45) is 11.8 Å². The van der Waals surface area contributed by atoms with Gasteiger partial charge in [-0.25, -0.2) is 4.79 Å². The summed E-state index contributed by atoms with van der Waals surface area (Å²) in [6.07, 6.45) is 0. The molecule has 56 valence electrons. The van der Waals surface area contributed by atoms with Crippen LogP contribution >= 0.6 is 11.6 Å². The van der Waals surface area contributed by atoms with E-state index in [4.69, 9.17) is 16.7 Å². The highest BCUT2D eigenvalue weighted by molar-refractivity contribution is 6.41. The molecule has 1 saturated carbocycles. The maximum Gasteiger partial charge on any atom is 0.347 e. The monoisotopic (exact) mass is 160 g/mol. The Hall–Kier alpha value is -0.500. The summed E-state index contributed by atoms with van der Waals surface area (Å²) < 4.78 is 0. The van der Waals surface area contributed by atoms with E-state index in [1.165, 1.54) is 0 Å². The van der Waals surface area contributed by atoms with Gasteiger partial charge in [-0.2, -0.15) is 0 Å².